The number of imide groups is 2. The third-order valence-corrected chi connectivity index (χ3v) is 6.91. The van der Waals surface area contributed by atoms with E-state index in [0.717, 1.165) is 17.7 Å². The molecule has 39 heavy (non-hydrogen) atoms. The van der Waals surface area contributed by atoms with Crippen LogP contribution < -0.4 is 10.6 Å². The van der Waals surface area contributed by atoms with Gasteiger partial charge in [-0.3, -0.25) is 34.3 Å². The number of carbonyl (C=O) groups excluding carboxylic acids is 5. The second-order valence-electron chi connectivity index (χ2n) is 10.9. The number of nitrogens with one attached hydrogen (secondary N) is 2. The number of benzene rings is 1. The third-order valence-electron chi connectivity index (χ3n) is 6.91. The molecule has 12 heteroatoms. The van der Waals surface area contributed by atoms with E-state index in [9.17, 15) is 24.0 Å². The average molecular weight is 538 g/mol. The summed E-state index contributed by atoms with van der Waals surface area (Å²) < 4.78 is 11.6. The van der Waals surface area contributed by atoms with Crippen LogP contribution in [0.15, 0.2) is 28.8 Å². The molecule has 0 radical (unpaired) electrons. The van der Waals surface area contributed by atoms with E-state index in [1.165, 1.54) is 6.07 Å². The van der Waals surface area contributed by atoms with Crippen molar-refractivity contribution in [1.29, 1.82) is 0 Å². The predicted octanol–water partition coefficient (Wildman–Crippen LogP) is 3.15. The number of anilines is 1. The van der Waals surface area contributed by atoms with E-state index in [1.807, 2.05) is 20.8 Å². The minimum atomic E-state index is -1.04. The highest BCUT2D eigenvalue weighted by atomic mass is 16.6. The molecule has 1 aromatic carbocycles. The van der Waals surface area contributed by atoms with Crippen molar-refractivity contribution < 1.29 is 33.1 Å². The van der Waals surface area contributed by atoms with Crippen LogP contribution in [0.2, 0.25) is 0 Å². The highest BCUT2D eigenvalue weighted by Gasteiger charge is 2.45. The fourth-order valence-corrected chi connectivity index (χ4v) is 5.13. The van der Waals surface area contributed by atoms with Crippen LogP contribution in [0.3, 0.4) is 0 Å². The molecule has 4 heterocycles. The number of aromatic nitrogens is 1. The number of hydrogen-bond donors (Lipinski definition) is 2. The van der Waals surface area contributed by atoms with E-state index in [0.29, 0.717) is 30.3 Å². The highest BCUT2D eigenvalue weighted by Crippen LogP contribution is 2.34. The van der Waals surface area contributed by atoms with E-state index < -0.39 is 41.4 Å². The van der Waals surface area contributed by atoms with E-state index in [-0.39, 0.29) is 36.6 Å². The summed E-state index contributed by atoms with van der Waals surface area (Å²) >= 11 is 0. The number of piperidine rings is 2. The molecule has 2 atom stereocenters. The molecule has 12 nitrogen and oxygen atoms in total. The van der Waals surface area contributed by atoms with Gasteiger partial charge in [-0.1, -0.05) is 6.07 Å². The molecule has 5 amide bonds. The smallest absolute Gasteiger partial charge is 0.410 e. The average Bonchev–Trinajstić information content (AvgIpc) is 3.45. The number of hydrogen-bond acceptors (Lipinski definition) is 9. The van der Waals surface area contributed by atoms with Gasteiger partial charge in [-0.15, -0.1) is 0 Å². The van der Waals surface area contributed by atoms with Gasteiger partial charge in [0, 0.05) is 18.7 Å². The van der Waals surface area contributed by atoms with Crippen molar-refractivity contribution in [3.63, 3.8) is 0 Å². The Morgan fingerprint density at radius 2 is 1.92 bits per heavy atom. The Morgan fingerprint density at radius 3 is 2.67 bits per heavy atom. The summed E-state index contributed by atoms with van der Waals surface area (Å²) in [6.07, 6.45) is 3.79. The van der Waals surface area contributed by atoms with Crippen LogP contribution in [0, 0.1) is 0 Å². The quantitative estimate of drug-likeness (QED) is 0.548. The van der Waals surface area contributed by atoms with Crippen LogP contribution in [-0.4, -0.2) is 62.7 Å². The molecular weight excluding hydrogens is 506 g/mol. The summed E-state index contributed by atoms with van der Waals surface area (Å²) in [5, 5.41) is 5.34. The zero-order chi connectivity index (χ0) is 27.9. The Bertz CT molecular complexity index is 1340. The monoisotopic (exact) mass is 537 g/mol. The van der Waals surface area contributed by atoms with E-state index in [4.69, 9.17) is 9.15 Å². The maximum Gasteiger partial charge on any atom is 0.410 e. The van der Waals surface area contributed by atoms with Gasteiger partial charge in [-0.2, -0.15) is 0 Å². The SMILES string of the molecule is CC(C)(C)OC(=O)N1CCCCC1c1ncc(CNc2cccc3c2C(=O)N(C2CCC(=O)NC2=O)C3=O)o1. The topological polar surface area (TPSA) is 151 Å². The van der Waals surface area contributed by atoms with Gasteiger partial charge < -0.3 is 14.5 Å². The Balaban J connectivity index is 1.30. The Hall–Kier alpha value is -4.22. The summed E-state index contributed by atoms with van der Waals surface area (Å²) in [5.41, 5.74) is 0.137. The lowest BCUT2D eigenvalue weighted by atomic mass is 10.0. The number of rotatable bonds is 5. The lowest BCUT2D eigenvalue weighted by Crippen LogP contribution is -2.54. The molecule has 3 aliphatic rings. The molecule has 2 aromatic rings. The standard InChI is InChI=1S/C27H31N5O7/c1-27(2,3)39-26(37)31-12-5-4-9-19(31)23-29-14-15(38-23)13-28-17-8-6-7-16-21(17)25(36)32(24(16)35)18-10-11-20(33)30-22(18)34/h6-8,14,18-19,28H,4-5,9-13H2,1-3H3,(H,30,33,34). The summed E-state index contributed by atoms with van der Waals surface area (Å²) in [6, 6.07) is 3.47. The van der Waals surface area contributed by atoms with Gasteiger partial charge in [-0.25, -0.2) is 9.78 Å². The summed E-state index contributed by atoms with van der Waals surface area (Å²) in [5.74, 6) is -1.37. The van der Waals surface area contributed by atoms with E-state index in [2.05, 4.69) is 15.6 Å². The summed E-state index contributed by atoms with van der Waals surface area (Å²) in [4.78, 5) is 70.0. The molecule has 3 aliphatic heterocycles. The molecule has 2 unspecified atom stereocenters. The highest BCUT2D eigenvalue weighted by molar-refractivity contribution is 6.25. The van der Waals surface area contributed by atoms with Crippen LogP contribution >= 0.6 is 0 Å². The molecule has 0 bridgehead atoms. The Labute approximate surface area is 225 Å². The Kier molecular flexibility index (Phi) is 6.87. The number of likely N-dealkylation sites (tertiary alicyclic amines) is 1. The van der Waals surface area contributed by atoms with Crippen LogP contribution in [0.5, 0.6) is 0 Å². The third kappa shape index (κ3) is 5.23. The van der Waals surface area contributed by atoms with Gasteiger partial charge >= 0.3 is 6.09 Å². The zero-order valence-corrected chi connectivity index (χ0v) is 22.1. The van der Waals surface area contributed by atoms with Crippen molar-refractivity contribution >= 4 is 35.4 Å². The van der Waals surface area contributed by atoms with Gasteiger partial charge in [0.2, 0.25) is 17.7 Å². The maximum absolute atomic E-state index is 13.3. The molecule has 2 fully saturated rings. The predicted molar refractivity (Wildman–Crippen MR) is 136 cm³/mol. The normalized spacial score (nSPS) is 21.6. The fourth-order valence-electron chi connectivity index (χ4n) is 5.13. The fraction of sp³-hybridized carbons (Fsp3) is 0.481. The number of oxazole rings is 1. The van der Waals surface area contributed by atoms with Crippen LogP contribution in [0.25, 0.3) is 0 Å². The number of nitrogens with zero attached hydrogens (tertiary/aromatic N) is 3. The molecule has 206 valence electrons. The number of carbonyl (C=O) groups is 5. The minimum absolute atomic E-state index is 0.0507. The van der Waals surface area contributed by atoms with Crippen molar-refractivity contribution in [1.82, 2.24) is 20.1 Å². The summed E-state index contributed by atoms with van der Waals surface area (Å²) in [7, 11) is 0. The zero-order valence-electron chi connectivity index (χ0n) is 22.1. The largest absolute Gasteiger partial charge is 0.444 e. The first-order valence-corrected chi connectivity index (χ1v) is 13.1. The molecule has 1 aromatic heterocycles. The summed E-state index contributed by atoms with van der Waals surface area (Å²) in [6.45, 7) is 6.18. The van der Waals surface area contributed by atoms with Crippen LogP contribution in [0.4, 0.5) is 10.5 Å². The van der Waals surface area contributed by atoms with Crippen molar-refractivity contribution in [2.24, 2.45) is 0 Å². The lowest BCUT2D eigenvalue weighted by Gasteiger charge is -2.35. The van der Waals surface area contributed by atoms with Gasteiger partial charge in [0.1, 0.15) is 23.4 Å². The molecule has 5 rings (SSSR count). The first kappa shape index (κ1) is 26.4. The van der Waals surface area contributed by atoms with Crippen molar-refractivity contribution in [2.45, 2.75) is 77.1 Å². The first-order chi connectivity index (χ1) is 18.5. The van der Waals surface area contributed by atoms with E-state index in [1.54, 1.807) is 23.2 Å². The molecule has 0 aliphatic carbocycles. The van der Waals surface area contributed by atoms with Crippen LogP contribution in [-0.2, 0) is 20.9 Å². The number of fused-ring (bicyclic) bond motifs is 1. The minimum Gasteiger partial charge on any atom is -0.444 e. The second kappa shape index (κ2) is 10.2. The molecule has 0 spiro atoms. The van der Waals surface area contributed by atoms with E-state index >= 15 is 0 Å². The molecule has 2 N–H and O–H groups in total. The van der Waals surface area contributed by atoms with Gasteiger partial charge in [0.15, 0.2) is 0 Å². The molecular formula is C27H31N5O7. The van der Waals surface area contributed by atoms with Gasteiger partial charge in [-0.05, 0) is 58.6 Å². The lowest BCUT2D eigenvalue weighted by molar-refractivity contribution is -0.136. The van der Waals surface area contributed by atoms with Gasteiger partial charge in [0.25, 0.3) is 11.8 Å². The number of ether oxygens (including phenoxy) is 1. The Morgan fingerprint density at radius 1 is 1.13 bits per heavy atom. The molecule has 2 saturated heterocycles. The first-order valence-electron chi connectivity index (χ1n) is 13.1. The van der Waals surface area contributed by atoms with Crippen molar-refractivity contribution in [3.8, 4) is 0 Å². The van der Waals surface area contributed by atoms with Crippen molar-refractivity contribution in [2.75, 3.05) is 11.9 Å². The van der Waals surface area contributed by atoms with Crippen LogP contribution in [0.1, 0.15) is 91.3 Å². The van der Waals surface area contributed by atoms with Gasteiger partial charge in [0.05, 0.1) is 23.9 Å². The molecule has 0 saturated carbocycles. The maximum atomic E-state index is 13.3. The second-order valence-corrected chi connectivity index (χ2v) is 10.9. The number of amides is 5. The van der Waals surface area contributed by atoms with Crippen molar-refractivity contribution in [3.05, 3.63) is 47.2 Å².